The maximum Gasteiger partial charge on any atom is 0.127 e. The molecule has 1 atom stereocenters. The number of halogens is 1. The molecule has 0 amide bonds. The van der Waals surface area contributed by atoms with Gasteiger partial charge in [-0.2, -0.15) is 11.3 Å². The Kier molecular flexibility index (Phi) is 4.99. The zero-order valence-corrected chi connectivity index (χ0v) is 12.6. The molecule has 0 aliphatic carbocycles. The van der Waals surface area contributed by atoms with Gasteiger partial charge >= 0.3 is 0 Å². The highest BCUT2D eigenvalue weighted by Gasteiger charge is 2.26. The Labute approximate surface area is 123 Å². The van der Waals surface area contributed by atoms with E-state index in [0.29, 0.717) is 6.04 Å². The number of piperazine rings is 1. The predicted molar refractivity (Wildman–Crippen MR) is 80.8 cm³/mol. The number of hydrogen-bond donors (Lipinski definition) is 1. The van der Waals surface area contributed by atoms with Crippen LogP contribution >= 0.6 is 23.7 Å². The lowest BCUT2D eigenvalue weighted by molar-refractivity contribution is 0.145. The van der Waals surface area contributed by atoms with Crippen LogP contribution in [0.15, 0.2) is 29.2 Å². The Morgan fingerprint density at radius 2 is 2.42 bits per heavy atom. The summed E-state index contributed by atoms with van der Waals surface area (Å²) in [5.41, 5.74) is 1.40. The first-order valence-electron chi connectivity index (χ1n) is 6.27. The van der Waals surface area contributed by atoms with Crippen LogP contribution in [-0.2, 0) is 13.6 Å². The number of imidazole rings is 1. The Morgan fingerprint density at radius 3 is 3.11 bits per heavy atom. The van der Waals surface area contributed by atoms with Gasteiger partial charge in [0, 0.05) is 45.6 Å². The zero-order valence-electron chi connectivity index (χ0n) is 11.0. The topological polar surface area (TPSA) is 33.1 Å². The molecule has 0 aromatic carbocycles. The average molecular weight is 299 g/mol. The van der Waals surface area contributed by atoms with Crippen molar-refractivity contribution in [2.24, 2.45) is 7.05 Å². The third kappa shape index (κ3) is 3.17. The van der Waals surface area contributed by atoms with E-state index in [4.69, 9.17) is 0 Å². The van der Waals surface area contributed by atoms with Crippen LogP contribution in [0.4, 0.5) is 0 Å². The van der Waals surface area contributed by atoms with Gasteiger partial charge in [0.05, 0.1) is 6.04 Å². The molecule has 6 heteroatoms. The van der Waals surface area contributed by atoms with Crippen molar-refractivity contribution in [1.29, 1.82) is 0 Å². The molecular formula is C13H19ClN4S. The van der Waals surface area contributed by atoms with Crippen molar-refractivity contribution in [3.8, 4) is 0 Å². The fraction of sp³-hybridized carbons (Fsp3) is 0.462. The van der Waals surface area contributed by atoms with Crippen molar-refractivity contribution >= 4 is 23.7 Å². The van der Waals surface area contributed by atoms with E-state index in [1.807, 2.05) is 12.4 Å². The first-order valence-corrected chi connectivity index (χ1v) is 7.22. The first-order chi connectivity index (χ1) is 8.84. The van der Waals surface area contributed by atoms with Gasteiger partial charge in [-0.25, -0.2) is 4.98 Å². The molecule has 0 spiro atoms. The van der Waals surface area contributed by atoms with Gasteiger partial charge < -0.3 is 9.88 Å². The average Bonchev–Trinajstić information content (AvgIpc) is 3.02. The molecule has 3 heterocycles. The molecular weight excluding hydrogens is 280 g/mol. The van der Waals surface area contributed by atoms with Gasteiger partial charge in [0.1, 0.15) is 5.82 Å². The first kappa shape index (κ1) is 14.5. The molecule has 0 bridgehead atoms. The Balaban J connectivity index is 0.00000133. The van der Waals surface area contributed by atoms with Gasteiger partial charge in [0.15, 0.2) is 0 Å². The van der Waals surface area contributed by atoms with Gasteiger partial charge in [-0.15, -0.1) is 12.4 Å². The molecule has 1 aliphatic rings. The number of aromatic nitrogens is 2. The summed E-state index contributed by atoms with van der Waals surface area (Å²) in [6.07, 6.45) is 3.90. The number of nitrogens with one attached hydrogen (secondary N) is 1. The molecule has 1 saturated heterocycles. The molecule has 104 valence electrons. The summed E-state index contributed by atoms with van der Waals surface area (Å²) in [5.74, 6) is 1.15. The highest BCUT2D eigenvalue weighted by atomic mass is 35.5. The smallest absolute Gasteiger partial charge is 0.127 e. The van der Waals surface area contributed by atoms with E-state index in [-0.39, 0.29) is 12.4 Å². The minimum Gasteiger partial charge on any atom is -0.337 e. The third-order valence-electron chi connectivity index (χ3n) is 3.48. The van der Waals surface area contributed by atoms with Crippen LogP contribution in [0, 0.1) is 0 Å². The van der Waals surface area contributed by atoms with Crippen LogP contribution < -0.4 is 5.32 Å². The summed E-state index contributed by atoms with van der Waals surface area (Å²) in [6.45, 7) is 4.14. The lowest BCUT2D eigenvalue weighted by Crippen LogP contribution is -2.46. The third-order valence-corrected chi connectivity index (χ3v) is 4.21. The lowest BCUT2D eigenvalue weighted by Gasteiger charge is -2.35. The second kappa shape index (κ2) is 6.52. The molecule has 3 rings (SSSR count). The Bertz CT molecular complexity index is 496. The van der Waals surface area contributed by atoms with E-state index in [9.17, 15) is 0 Å². The van der Waals surface area contributed by atoms with Crippen LogP contribution in [0.2, 0.25) is 0 Å². The molecule has 19 heavy (non-hydrogen) atoms. The molecule has 2 aromatic rings. The number of rotatable bonds is 3. The summed E-state index contributed by atoms with van der Waals surface area (Å²) < 4.78 is 2.12. The molecule has 1 aliphatic heterocycles. The van der Waals surface area contributed by atoms with Gasteiger partial charge in [-0.05, 0) is 22.4 Å². The normalized spacial score (nSPS) is 20.2. The predicted octanol–water partition coefficient (Wildman–Crippen LogP) is 2.05. The van der Waals surface area contributed by atoms with Crippen molar-refractivity contribution in [2.45, 2.75) is 12.6 Å². The molecule has 0 saturated carbocycles. The summed E-state index contributed by atoms with van der Waals surface area (Å²) >= 11 is 1.77. The van der Waals surface area contributed by atoms with Crippen LogP contribution in [0.25, 0.3) is 0 Å². The van der Waals surface area contributed by atoms with Crippen LogP contribution in [0.3, 0.4) is 0 Å². The van der Waals surface area contributed by atoms with Crippen molar-refractivity contribution in [1.82, 2.24) is 19.8 Å². The van der Waals surface area contributed by atoms with Crippen molar-refractivity contribution in [3.05, 3.63) is 40.6 Å². The molecule has 0 radical (unpaired) electrons. The maximum absolute atomic E-state index is 4.50. The second-order valence-electron chi connectivity index (χ2n) is 4.72. The Morgan fingerprint density at radius 1 is 1.53 bits per heavy atom. The van der Waals surface area contributed by atoms with E-state index in [2.05, 4.69) is 43.6 Å². The molecule has 4 nitrogen and oxygen atoms in total. The van der Waals surface area contributed by atoms with Gasteiger partial charge in [0.25, 0.3) is 0 Å². The number of nitrogens with zero attached hydrogens (tertiary/aromatic N) is 3. The molecule has 1 unspecified atom stereocenters. The van der Waals surface area contributed by atoms with E-state index in [1.54, 1.807) is 11.3 Å². The summed E-state index contributed by atoms with van der Waals surface area (Å²) in [4.78, 5) is 7.02. The summed E-state index contributed by atoms with van der Waals surface area (Å²) in [7, 11) is 2.07. The fourth-order valence-corrected chi connectivity index (χ4v) is 3.17. The van der Waals surface area contributed by atoms with Crippen LogP contribution in [0.5, 0.6) is 0 Å². The van der Waals surface area contributed by atoms with Crippen molar-refractivity contribution in [2.75, 3.05) is 19.6 Å². The number of hydrogen-bond acceptors (Lipinski definition) is 4. The SMILES string of the molecule is Cl.Cn1ccnc1C1CNCCN1Cc1ccsc1. The minimum atomic E-state index is 0. The molecule has 2 aromatic heterocycles. The summed E-state index contributed by atoms with van der Waals surface area (Å²) in [5, 5.41) is 7.85. The summed E-state index contributed by atoms with van der Waals surface area (Å²) in [6, 6.07) is 2.58. The van der Waals surface area contributed by atoms with Gasteiger partial charge in [-0.1, -0.05) is 0 Å². The van der Waals surface area contributed by atoms with Gasteiger partial charge in [-0.3, -0.25) is 4.90 Å². The fourth-order valence-electron chi connectivity index (χ4n) is 2.51. The van der Waals surface area contributed by atoms with Crippen molar-refractivity contribution in [3.63, 3.8) is 0 Å². The zero-order chi connectivity index (χ0) is 12.4. The maximum atomic E-state index is 4.50. The van der Waals surface area contributed by atoms with E-state index < -0.39 is 0 Å². The van der Waals surface area contributed by atoms with E-state index >= 15 is 0 Å². The monoisotopic (exact) mass is 298 g/mol. The second-order valence-corrected chi connectivity index (χ2v) is 5.50. The van der Waals surface area contributed by atoms with E-state index in [0.717, 1.165) is 32.0 Å². The van der Waals surface area contributed by atoms with Crippen LogP contribution in [-0.4, -0.2) is 34.1 Å². The van der Waals surface area contributed by atoms with Crippen LogP contribution in [0.1, 0.15) is 17.4 Å². The lowest BCUT2D eigenvalue weighted by atomic mass is 10.1. The standard InChI is InChI=1S/C13H18N4S.ClH/c1-16-5-4-15-13(16)12-8-14-3-6-17(12)9-11-2-7-18-10-11;/h2,4-5,7,10,12,14H,3,6,8-9H2,1H3;1H. The number of thiophene rings is 1. The largest absolute Gasteiger partial charge is 0.337 e. The molecule has 1 N–H and O–H groups in total. The quantitative estimate of drug-likeness (QED) is 0.941. The van der Waals surface area contributed by atoms with Crippen molar-refractivity contribution < 1.29 is 0 Å². The van der Waals surface area contributed by atoms with Gasteiger partial charge in [0.2, 0.25) is 0 Å². The highest BCUT2D eigenvalue weighted by molar-refractivity contribution is 7.07. The number of aryl methyl sites for hydroxylation is 1. The molecule has 1 fully saturated rings. The Hall–Kier alpha value is -0.880. The highest BCUT2D eigenvalue weighted by Crippen LogP contribution is 2.23. The minimum absolute atomic E-state index is 0. The van der Waals surface area contributed by atoms with E-state index in [1.165, 1.54) is 5.56 Å².